The fourth-order valence-electron chi connectivity index (χ4n) is 10.9. The zero-order valence-electron chi connectivity index (χ0n) is 76.2. The number of nitrogens with one attached hydrogen (secondary N) is 2. The topological polar surface area (TPSA) is 371 Å². The maximum absolute atomic E-state index is 12.9. The van der Waals surface area contributed by atoms with Crippen LogP contribution in [0.3, 0.4) is 0 Å². The van der Waals surface area contributed by atoms with E-state index in [1.807, 2.05) is 48.5 Å². The van der Waals surface area contributed by atoms with E-state index in [0.29, 0.717) is 67.3 Å². The summed E-state index contributed by atoms with van der Waals surface area (Å²) in [5, 5.41) is 32.1. The van der Waals surface area contributed by atoms with Crippen molar-refractivity contribution in [3.63, 3.8) is 0 Å². The number of carbonyl (C=O) groups excluding carboxylic acids is 6. The Morgan fingerprint density at radius 1 is 0.339 bits per heavy atom. The third-order valence-electron chi connectivity index (χ3n) is 16.9. The number of unbranched alkanes of at least 4 members (excludes halogenated alkanes) is 27. The molecule has 0 bridgehead atoms. The number of Topliss-reactive ketones (excluding diaryl/α,β-unsaturated/α-hetero) is 3. The van der Waals surface area contributed by atoms with E-state index >= 15 is 0 Å². The average Bonchev–Trinajstić information content (AvgIpc) is 0.863. The van der Waals surface area contributed by atoms with Crippen molar-refractivity contribution in [2.24, 2.45) is 11.8 Å². The Hall–Kier alpha value is -4.51. The number of ketones is 3. The van der Waals surface area contributed by atoms with Gasteiger partial charge in [-0.15, -0.1) is 0 Å². The Bertz CT molecular complexity index is 2590. The number of sulfone groups is 2. The van der Waals surface area contributed by atoms with Crippen molar-refractivity contribution in [1.29, 1.82) is 0 Å². The molecule has 25 nitrogen and oxygen atoms in total. The molecule has 5 N–H and O–H groups in total. The van der Waals surface area contributed by atoms with Crippen LogP contribution in [0.15, 0.2) is 0 Å². The van der Waals surface area contributed by atoms with Gasteiger partial charge in [-0.2, -0.15) is 0 Å². The number of rotatable bonds is 69. The molecule has 27 heteroatoms. The molecule has 0 saturated carbocycles. The molecule has 3 atom stereocenters. The lowest BCUT2D eigenvalue weighted by Crippen LogP contribution is -2.47. The molecule has 0 aliphatic carbocycles. The summed E-state index contributed by atoms with van der Waals surface area (Å²) in [6, 6.07) is -1.64. The molecule has 0 aliphatic rings. The molecule has 684 valence electrons. The summed E-state index contributed by atoms with van der Waals surface area (Å²) in [7, 11) is -5.51. The van der Waals surface area contributed by atoms with Crippen molar-refractivity contribution in [3.05, 3.63) is 0 Å². The molecule has 0 aliphatic heterocycles. The highest BCUT2D eigenvalue weighted by atomic mass is 32.2. The molecule has 2 amide bonds. The SMILES string of the molecule is CC(=O)CCCCCCCOC(C)C.CC(=O)C[C@@H](CC(=O)O)C(=O)N[C@@H](CC(=O)O)C(=O)C[C@@H](CC(=O)O)C(=O)NCCCCCCOC(C)C.CC(C)OCCCCCCCC(=O)OC(C)(C)C.CC(C)OCCCCCCCCCCS(C)(=O)=O.CC(C)OCCCCCCCCS(C)(=O)=O.CCCCCCCOC(C)C. The molecule has 0 fully saturated rings. The van der Waals surface area contributed by atoms with E-state index in [0.717, 1.165) is 149 Å². The third kappa shape index (κ3) is 114. The van der Waals surface area contributed by atoms with Gasteiger partial charge >= 0.3 is 23.9 Å². The number of carboxylic acids is 3. The lowest BCUT2D eigenvalue weighted by Gasteiger charge is -2.22. The highest BCUT2D eigenvalue weighted by molar-refractivity contribution is 7.90. The molecule has 0 heterocycles. The van der Waals surface area contributed by atoms with E-state index in [9.17, 15) is 70.2 Å². The average molecular weight is 1690 g/mol. The van der Waals surface area contributed by atoms with Crippen LogP contribution in [0.1, 0.15) is 381 Å². The molecular weight excluding hydrogens is 1520 g/mol. The highest BCUT2D eigenvalue weighted by Crippen LogP contribution is 2.18. The minimum absolute atomic E-state index is 0.0781. The zero-order valence-corrected chi connectivity index (χ0v) is 77.8. The summed E-state index contributed by atoms with van der Waals surface area (Å²) in [6.45, 7) is 40.6. The summed E-state index contributed by atoms with van der Waals surface area (Å²) in [5.74, 6) is -8.95. The molecule has 115 heavy (non-hydrogen) atoms. The highest BCUT2D eigenvalue weighted by Gasteiger charge is 2.33. The van der Waals surface area contributed by atoms with Crippen molar-refractivity contribution in [3.8, 4) is 0 Å². The van der Waals surface area contributed by atoms with Crippen LogP contribution in [-0.4, -0.2) is 204 Å². The van der Waals surface area contributed by atoms with Crippen LogP contribution in [0, 0.1) is 11.8 Å². The van der Waals surface area contributed by atoms with E-state index in [-0.39, 0.29) is 24.2 Å². The lowest BCUT2D eigenvalue weighted by atomic mass is 9.92. The zero-order chi connectivity index (χ0) is 88.9. The maximum atomic E-state index is 12.9. The third-order valence-corrected chi connectivity index (χ3v) is 19.0. The van der Waals surface area contributed by atoms with E-state index in [2.05, 4.69) is 72.9 Å². The quantitative estimate of drug-likeness (QED) is 0.0279. The smallest absolute Gasteiger partial charge is 0.306 e. The molecule has 0 aromatic carbocycles. The van der Waals surface area contributed by atoms with Crippen LogP contribution in [0.25, 0.3) is 0 Å². The first kappa shape index (κ1) is 121. The Morgan fingerprint density at radius 3 is 0.896 bits per heavy atom. The van der Waals surface area contributed by atoms with E-state index in [1.54, 1.807) is 6.92 Å². The maximum Gasteiger partial charge on any atom is 0.306 e. The summed E-state index contributed by atoms with van der Waals surface area (Å²) < 4.78 is 81.4. The van der Waals surface area contributed by atoms with Gasteiger partial charge in [0.1, 0.15) is 36.8 Å². The van der Waals surface area contributed by atoms with Crippen molar-refractivity contribution in [2.45, 2.75) is 430 Å². The summed E-state index contributed by atoms with van der Waals surface area (Å²) in [5.41, 5.74) is -0.356. The minimum atomic E-state index is -2.76. The van der Waals surface area contributed by atoms with Crippen molar-refractivity contribution in [1.82, 2.24) is 10.6 Å². The molecule has 0 aromatic heterocycles. The van der Waals surface area contributed by atoms with E-state index in [4.69, 9.17) is 38.3 Å². The van der Waals surface area contributed by atoms with Gasteiger partial charge in [0.05, 0.1) is 73.8 Å². The van der Waals surface area contributed by atoms with Gasteiger partial charge in [0.15, 0.2) is 5.78 Å². The van der Waals surface area contributed by atoms with Gasteiger partial charge in [-0.05, 0) is 188 Å². The van der Waals surface area contributed by atoms with Crippen LogP contribution in [0.5, 0.6) is 0 Å². The normalized spacial score (nSPS) is 12.2. The van der Waals surface area contributed by atoms with Crippen LogP contribution < -0.4 is 10.6 Å². The lowest BCUT2D eigenvalue weighted by molar-refractivity contribution is -0.155. The largest absolute Gasteiger partial charge is 0.481 e. The van der Waals surface area contributed by atoms with Crippen LogP contribution in [0.4, 0.5) is 0 Å². The number of ether oxygens (including phenoxy) is 7. The summed E-state index contributed by atoms with van der Waals surface area (Å²) in [4.78, 5) is 105. The van der Waals surface area contributed by atoms with Crippen LogP contribution in [-0.2, 0) is 96.0 Å². The number of hydrogen-bond acceptors (Lipinski definition) is 20. The van der Waals surface area contributed by atoms with Crippen molar-refractivity contribution >= 4 is 72.7 Å². The predicted octanol–water partition coefficient (Wildman–Crippen LogP) is 18.4. The molecule has 0 radical (unpaired) electrons. The van der Waals surface area contributed by atoms with Crippen LogP contribution >= 0.6 is 0 Å². The molecule has 0 unspecified atom stereocenters. The molecule has 0 saturated heterocycles. The van der Waals surface area contributed by atoms with Gasteiger partial charge in [-0.3, -0.25) is 33.6 Å². The Labute approximate surface area is 700 Å². The molecule has 0 spiro atoms. The summed E-state index contributed by atoms with van der Waals surface area (Å²) >= 11 is 0. The summed E-state index contributed by atoms with van der Waals surface area (Å²) in [6.07, 6.45) is 39.3. The molecule has 0 aromatic rings. The first-order valence-corrected chi connectivity index (χ1v) is 47.9. The van der Waals surface area contributed by atoms with E-state index in [1.165, 1.54) is 115 Å². The second-order valence-electron chi connectivity index (χ2n) is 33.0. The number of aliphatic carboxylic acids is 3. The Morgan fingerprint density at radius 2 is 0.617 bits per heavy atom. The van der Waals surface area contributed by atoms with Crippen molar-refractivity contribution < 1.29 is 108 Å². The second kappa shape index (κ2) is 81.8. The van der Waals surface area contributed by atoms with Gasteiger partial charge in [0, 0.05) is 95.9 Å². The number of hydrogen-bond donors (Lipinski definition) is 5. The minimum Gasteiger partial charge on any atom is -0.481 e. The van der Waals surface area contributed by atoms with Gasteiger partial charge in [-0.25, -0.2) is 16.8 Å². The number of carboxylic acid groups (broad SMARTS) is 3. The first-order chi connectivity index (χ1) is 53.8. The van der Waals surface area contributed by atoms with E-state index < -0.39 is 111 Å². The fourth-order valence-corrected chi connectivity index (χ4v) is 12.4. The standard InChI is InChI=1S/C25H40N2O11.C15H30O3.C14H30O3S.C12H26O3S.C12H24O2.C10H22O/c1-15(2)38-9-7-5-4-6-8-26-24(36)18(13-22(32)33)11-20(29)19(14-23(34)35)27-25(37)17(10-16(3)28)12-21(30)31;1-13(2)17-12-10-8-6-7-9-11-14(16)18-15(3,4)5;1-14(2)17-12-10-8-6-4-5-7-9-11-13-18(3,15)16;1-12(2)15-10-8-6-4-5-7-9-11-16(3,13)14;1-11(2)14-10-8-6-4-5-7-9-12(3)13;1-4-5-6-7-8-9-11-10(2)3/h15,17-19H,4-14H2,1-3H3,(H,26,36)(H,27,37)(H,30,31)(H,32,33)(H,34,35);13H,6-12H2,1-5H3;14H,4-13H2,1-3H3;12H,4-11H2,1-3H3;11H,4-10H2,1-3H3;10H,4-9H2,1-3H3/t17-,18-,19-;;;;;/m0...../s1. The molecule has 0 rings (SSSR count). The number of carbonyl (C=O) groups is 9. The molecular formula is C88H172N2O23S2. The monoisotopic (exact) mass is 1690 g/mol. The van der Waals surface area contributed by atoms with Crippen molar-refractivity contribution in [2.75, 3.05) is 70.2 Å². The number of amides is 2. The second-order valence-corrected chi connectivity index (χ2v) is 37.5. The predicted molar refractivity (Wildman–Crippen MR) is 463 cm³/mol. The Kier molecular flexibility index (Phi) is 86.3. The Balaban J connectivity index is -0.000000329. The van der Waals surface area contributed by atoms with Gasteiger partial charge in [-0.1, -0.05) is 148 Å². The fraction of sp³-hybridized carbons (Fsp3) is 0.898. The number of esters is 1. The van der Waals surface area contributed by atoms with Crippen LogP contribution in [0.2, 0.25) is 0 Å². The first-order valence-electron chi connectivity index (χ1n) is 43.8. The van der Waals surface area contributed by atoms with Gasteiger partial charge in [0.2, 0.25) is 11.8 Å². The van der Waals surface area contributed by atoms with Gasteiger partial charge < -0.3 is 68.7 Å². The van der Waals surface area contributed by atoms with Gasteiger partial charge in [0.25, 0.3) is 0 Å².